The fourth-order valence-electron chi connectivity index (χ4n) is 2.06. The average Bonchev–Trinajstić information content (AvgIpc) is 2.35. The molecule has 96 valence electrons. The van der Waals surface area contributed by atoms with Crippen LogP contribution in [0.2, 0.25) is 0 Å². The average molecular weight is 239 g/mol. The van der Waals surface area contributed by atoms with Gasteiger partial charge in [0.1, 0.15) is 0 Å². The first kappa shape index (κ1) is 13.7. The molecule has 0 aromatic carbocycles. The van der Waals surface area contributed by atoms with Gasteiger partial charge in [0.15, 0.2) is 0 Å². The van der Waals surface area contributed by atoms with Crippen LogP contribution in [-0.2, 0) is 9.59 Å². The maximum absolute atomic E-state index is 12.2. The second-order valence-electron chi connectivity index (χ2n) is 4.60. The summed E-state index contributed by atoms with van der Waals surface area (Å²) in [5, 5.41) is 8.87. The third-order valence-corrected chi connectivity index (χ3v) is 3.23. The highest BCUT2D eigenvalue weighted by molar-refractivity contribution is 5.80. The van der Waals surface area contributed by atoms with Gasteiger partial charge in [0.2, 0.25) is 5.91 Å². The van der Waals surface area contributed by atoms with E-state index in [4.69, 9.17) is 5.11 Å². The van der Waals surface area contributed by atoms with Crippen LogP contribution < -0.4 is 0 Å². The van der Waals surface area contributed by atoms with Gasteiger partial charge in [0, 0.05) is 19.0 Å². The number of aliphatic carboxylic acids is 1. The Bertz CT molecular complexity index is 312. The van der Waals surface area contributed by atoms with Gasteiger partial charge < -0.3 is 10.0 Å². The molecule has 0 heterocycles. The molecule has 0 aliphatic heterocycles. The fraction of sp³-hybridized carbons (Fsp3) is 0.692. The van der Waals surface area contributed by atoms with Crippen LogP contribution in [0.15, 0.2) is 12.2 Å². The van der Waals surface area contributed by atoms with E-state index >= 15 is 0 Å². The van der Waals surface area contributed by atoms with Crippen molar-refractivity contribution in [2.24, 2.45) is 11.8 Å². The molecule has 0 aromatic rings. The summed E-state index contributed by atoms with van der Waals surface area (Å²) >= 11 is 0. The molecule has 0 fully saturated rings. The van der Waals surface area contributed by atoms with Gasteiger partial charge in [-0.2, -0.15) is 0 Å². The van der Waals surface area contributed by atoms with Crippen LogP contribution in [0.4, 0.5) is 0 Å². The monoisotopic (exact) mass is 239 g/mol. The maximum atomic E-state index is 12.2. The van der Waals surface area contributed by atoms with Crippen molar-refractivity contribution >= 4 is 11.9 Å². The van der Waals surface area contributed by atoms with Crippen molar-refractivity contribution in [1.29, 1.82) is 0 Å². The minimum atomic E-state index is -0.847. The lowest BCUT2D eigenvalue weighted by Gasteiger charge is -2.28. The fourth-order valence-corrected chi connectivity index (χ4v) is 2.06. The highest BCUT2D eigenvalue weighted by Gasteiger charge is 2.25. The lowest BCUT2D eigenvalue weighted by molar-refractivity contribution is -0.144. The van der Waals surface area contributed by atoms with Gasteiger partial charge in [-0.1, -0.05) is 19.1 Å². The molecule has 1 aliphatic carbocycles. The van der Waals surface area contributed by atoms with Gasteiger partial charge >= 0.3 is 5.97 Å². The minimum Gasteiger partial charge on any atom is -0.481 e. The summed E-state index contributed by atoms with van der Waals surface area (Å²) in [5.41, 5.74) is 0. The van der Waals surface area contributed by atoms with Gasteiger partial charge in [-0.25, -0.2) is 0 Å². The van der Waals surface area contributed by atoms with Gasteiger partial charge in [-0.3, -0.25) is 9.59 Å². The van der Waals surface area contributed by atoms with Gasteiger partial charge in [-0.05, 0) is 26.2 Å². The molecule has 2 unspecified atom stereocenters. The molecule has 1 amide bonds. The lowest BCUT2D eigenvalue weighted by atomic mass is 9.93. The molecule has 4 nitrogen and oxygen atoms in total. The number of carboxylic acids is 1. The number of amides is 1. The van der Waals surface area contributed by atoms with Crippen molar-refractivity contribution in [3.63, 3.8) is 0 Å². The molecule has 1 aliphatic rings. The summed E-state index contributed by atoms with van der Waals surface area (Å²) in [5.74, 6) is -1.20. The van der Waals surface area contributed by atoms with E-state index in [-0.39, 0.29) is 11.8 Å². The zero-order chi connectivity index (χ0) is 12.8. The van der Waals surface area contributed by atoms with Gasteiger partial charge in [0.05, 0.1) is 5.92 Å². The molecule has 0 saturated carbocycles. The number of rotatable bonds is 5. The van der Waals surface area contributed by atoms with Crippen molar-refractivity contribution in [3.8, 4) is 0 Å². The third-order valence-electron chi connectivity index (χ3n) is 3.23. The minimum absolute atomic E-state index is 0.0425. The molecule has 17 heavy (non-hydrogen) atoms. The first-order valence-electron chi connectivity index (χ1n) is 6.22. The Kier molecular flexibility index (Phi) is 5.19. The first-order chi connectivity index (χ1) is 8.06. The van der Waals surface area contributed by atoms with Crippen molar-refractivity contribution in [1.82, 2.24) is 4.90 Å². The summed E-state index contributed by atoms with van der Waals surface area (Å²) in [4.78, 5) is 24.7. The Labute approximate surface area is 102 Å². The van der Waals surface area contributed by atoms with E-state index < -0.39 is 11.9 Å². The molecule has 0 bridgehead atoms. The highest BCUT2D eigenvalue weighted by atomic mass is 16.4. The van der Waals surface area contributed by atoms with Crippen LogP contribution >= 0.6 is 0 Å². The zero-order valence-electron chi connectivity index (χ0n) is 10.6. The van der Waals surface area contributed by atoms with Crippen LogP contribution in [0.25, 0.3) is 0 Å². The van der Waals surface area contributed by atoms with E-state index in [0.717, 1.165) is 19.3 Å². The van der Waals surface area contributed by atoms with Crippen LogP contribution in [-0.4, -0.2) is 35.0 Å². The summed E-state index contributed by atoms with van der Waals surface area (Å²) in [6, 6.07) is 0. The van der Waals surface area contributed by atoms with Crippen LogP contribution in [0.1, 0.15) is 33.1 Å². The van der Waals surface area contributed by atoms with E-state index in [1.54, 1.807) is 11.8 Å². The number of carbonyl (C=O) groups is 2. The maximum Gasteiger partial charge on any atom is 0.308 e. The Hall–Kier alpha value is -1.32. The Balaban J connectivity index is 2.57. The normalized spacial score (nSPS) is 20.9. The zero-order valence-corrected chi connectivity index (χ0v) is 10.6. The molecule has 0 spiro atoms. The van der Waals surface area contributed by atoms with Gasteiger partial charge in [0.25, 0.3) is 0 Å². The number of nitrogens with zero attached hydrogens (tertiary/aromatic N) is 1. The summed E-state index contributed by atoms with van der Waals surface area (Å²) in [7, 11) is 0. The standard InChI is InChI=1S/C13H21NO3/c1-3-14(9-10(2)13(16)17)12(15)11-7-5-4-6-8-11/h4-5,10-11H,3,6-9H2,1-2H3,(H,16,17). The molecular weight excluding hydrogens is 218 g/mol. The second kappa shape index (κ2) is 6.42. The van der Waals surface area contributed by atoms with Crippen molar-refractivity contribution in [3.05, 3.63) is 12.2 Å². The van der Waals surface area contributed by atoms with E-state index in [1.807, 2.05) is 13.0 Å². The van der Waals surface area contributed by atoms with E-state index in [0.29, 0.717) is 13.1 Å². The summed E-state index contributed by atoms with van der Waals surface area (Å²) in [6.45, 7) is 4.42. The second-order valence-corrected chi connectivity index (χ2v) is 4.60. The van der Waals surface area contributed by atoms with Crippen molar-refractivity contribution in [2.75, 3.05) is 13.1 Å². The van der Waals surface area contributed by atoms with Gasteiger partial charge in [-0.15, -0.1) is 0 Å². The molecule has 2 atom stereocenters. The summed E-state index contributed by atoms with van der Waals surface area (Å²) < 4.78 is 0. The van der Waals surface area contributed by atoms with E-state index in [1.165, 1.54) is 0 Å². The molecule has 0 saturated heterocycles. The third kappa shape index (κ3) is 3.88. The van der Waals surface area contributed by atoms with E-state index in [9.17, 15) is 9.59 Å². The highest BCUT2D eigenvalue weighted by Crippen LogP contribution is 2.21. The van der Waals surface area contributed by atoms with Crippen LogP contribution in [0.5, 0.6) is 0 Å². The Morgan fingerprint density at radius 3 is 2.65 bits per heavy atom. The predicted molar refractivity (Wildman–Crippen MR) is 65.5 cm³/mol. The number of allylic oxidation sites excluding steroid dienone is 2. The number of hydrogen-bond acceptors (Lipinski definition) is 2. The first-order valence-corrected chi connectivity index (χ1v) is 6.22. The summed E-state index contributed by atoms with van der Waals surface area (Å²) in [6.07, 6.45) is 6.76. The molecule has 1 N–H and O–H groups in total. The molecule has 0 aromatic heterocycles. The topological polar surface area (TPSA) is 57.6 Å². The predicted octanol–water partition coefficient (Wildman–Crippen LogP) is 1.91. The molecule has 0 radical (unpaired) electrons. The molecular formula is C13H21NO3. The Morgan fingerprint density at radius 1 is 1.47 bits per heavy atom. The number of carbonyl (C=O) groups excluding carboxylic acids is 1. The van der Waals surface area contributed by atoms with E-state index in [2.05, 4.69) is 6.08 Å². The largest absolute Gasteiger partial charge is 0.481 e. The molecule has 4 heteroatoms. The number of hydrogen-bond donors (Lipinski definition) is 1. The smallest absolute Gasteiger partial charge is 0.308 e. The molecule has 1 rings (SSSR count). The van der Waals surface area contributed by atoms with Crippen LogP contribution in [0, 0.1) is 11.8 Å². The quantitative estimate of drug-likeness (QED) is 0.746. The SMILES string of the molecule is CCN(CC(C)C(=O)O)C(=O)C1CC=CCC1. The number of carboxylic acid groups (broad SMARTS) is 1. The van der Waals surface area contributed by atoms with Crippen molar-refractivity contribution < 1.29 is 14.7 Å². The Morgan fingerprint density at radius 2 is 2.18 bits per heavy atom. The van der Waals surface area contributed by atoms with Crippen LogP contribution in [0.3, 0.4) is 0 Å². The lowest BCUT2D eigenvalue weighted by Crippen LogP contribution is -2.40. The van der Waals surface area contributed by atoms with Crippen molar-refractivity contribution in [2.45, 2.75) is 33.1 Å².